The highest BCUT2D eigenvalue weighted by Gasteiger charge is 2.29. The summed E-state index contributed by atoms with van der Waals surface area (Å²) in [5.74, 6) is 0.519. The van der Waals surface area contributed by atoms with Crippen LogP contribution in [0.3, 0.4) is 0 Å². The van der Waals surface area contributed by atoms with E-state index in [1.54, 1.807) is 11.0 Å². The summed E-state index contributed by atoms with van der Waals surface area (Å²) in [4.78, 5) is 14.6. The largest absolute Gasteiger partial charge is 0.504 e. The van der Waals surface area contributed by atoms with Crippen molar-refractivity contribution in [1.82, 2.24) is 4.90 Å². The number of carbonyl (C=O) groups excluding carboxylic acids is 1. The Labute approximate surface area is 163 Å². The van der Waals surface area contributed by atoms with Crippen LogP contribution >= 0.6 is 11.6 Å². The molecule has 1 N–H and O–H groups in total. The van der Waals surface area contributed by atoms with Crippen LogP contribution in [0.5, 0.6) is 11.5 Å². The summed E-state index contributed by atoms with van der Waals surface area (Å²) in [6.07, 6.45) is 2.41. The molecule has 1 fully saturated rings. The highest BCUT2D eigenvalue weighted by molar-refractivity contribution is 6.30. The lowest BCUT2D eigenvalue weighted by atomic mass is 10.0. The van der Waals surface area contributed by atoms with E-state index < -0.39 is 0 Å². The van der Waals surface area contributed by atoms with E-state index in [0.717, 1.165) is 36.0 Å². The van der Waals surface area contributed by atoms with E-state index in [9.17, 15) is 9.90 Å². The first-order valence-corrected chi connectivity index (χ1v) is 9.64. The first kappa shape index (κ1) is 18.1. The molecule has 6 heteroatoms. The molecule has 27 heavy (non-hydrogen) atoms. The fraction of sp³-hybridized carbons (Fsp3) is 0.381. The van der Waals surface area contributed by atoms with Crippen LogP contribution in [0, 0.1) is 0 Å². The second-order valence-electron chi connectivity index (χ2n) is 6.96. The minimum absolute atomic E-state index is 0.00111. The van der Waals surface area contributed by atoms with Gasteiger partial charge in [0, 0.05) is 23.7 Å². The van der Waals surface area contributed by atoms with Gasteiger partial charge in [-0.1, -0.05) is 23.7 Å². The molecule has 4 rings (SSSR count). The molecule has 0 radical (unpaired) electrons. The molecule has 2 aromatic rings. The number of hydrogen-bond acceptors (Lipinski definition) is 4. The Morgan fingerprint density at radius 3 is 2.81 bits per heavy atom. The molecule has 0 saturated carbocycles. The van der Waals surface area contributed by atoms with Crippen molar-refractivity contribution < 1.29 is 19.4 Å². The number of amides is 1. The number of phenolic OH excluding ortho intramolecular Hbond substituents is 1. The van der Waals surface area contributed by atoms with Crippen molar-refractivity contribution in [3.63, 3.8) is 0 Å². The van der Waals surface area contributed by atoms with Crippen molar-refractivity contribution in [2.45, 2.75) is 31.9 Å². The van der Waals surface area contributed by atoms with Gasteiger partial charge in [0.25, 0.3) is 5.91 Å². The highest BCUT2D eigenvalue weighted by Crippen LogP contribution is 2.38. The Morgan fingerprint density at radius 1 is 1.15 bits per heavy atom. The maximum Gasteiger partial charge on any atom is 0.252 e. The van der Waals surface area contributed by atoms with Crippen molar-refractivity contribution >= 4 is 17.5 Å². The van der Waals surface area contributed by atoms with Crippen LogP contribution in [0.4, 0.5) is 0 Å². The van der Waals surface area contributed by atoms with Crippen molar-refractivity contribution in [2.75, 3.05) is 19.8 Å². The van der Waals surface area contributed by atoms with Gasteiger partial charge < -0.3 is 19.5 Å². The van der Waals surface area contributed by atoms with Gasteiger partial charge in [0.1, 0.15) is 12.7 Å². The molecule has 142 valence electrons. The van der Waals surface area contributed by atoms with Gasteiger partial charge in [-0.2, -0.15) is 0 Å². The van der Waals surface area contributed by atoms with E-state index in [-0.39, 0.29) is 17.8 Å². The summed E-state index contributed by atoms with van der Waals surface area (Å²) >= 11 is 6.10. The minimum atomic E-state index is -0.370. The number of nitrogens with zero attached hydrogens (tertiary/aromatic N) is 1. The number of fused-ring (bicyclic) bond motifs is 1. The zero-order chi connectivity index (χ0) is 18.8. The number of benzene rings is 2. The summed E-state index contributed by atoms with van der Waals surface area (Å²) in [6.45, 7) is 1.84. The van der Waals surface area contributed by atoms with Gasteiger partial charge in [-0.25, -0.2) is 0 Å². The van der Waals surface area contributed by atoms with Crippen LogP contribution in [0.2, 0.25) is 5.02 Å². The van der Waals surface area contributed by atoms with E-state index in [1.165, 1.54) is 0 Å². The standard InChI is InChI=1S/C21H22ClNO4/c22-17-5-3-4-14(11-17)15-10-16-13-23(7-9-27-20(16)18(24)12-15)21(25)19-6-1-2-8-26-19/h3-5,10-12,19,24H,1-2,6-9,13H2. The maximum absolute atomic E-state index is 12.9. The van der Waals surface area contributed by atoms with Crippen LogP contribution in [0.1, 0.15) is 24.8 Å². The quantitative estimate of drug-likeness (QED) is 0.846. The summed E-state index contributed by atoms with van der Waals surface area (Å²) < 4.78 is 11.4. The third kappa shape index (κ3) is 3.89. The second kappa shape index (κ2) is 7.79. The summed E-state index contributed by atoms with van der Waals surface area (Å²) in [5, 5.41) is 11.1. The first-order valence-electron chi connectivity index (χ1n) is 9.27. The normalized spacial score (nSPS) is 19.7. The van der Waals surface area contributed by atoms with Gasteiger partial charge in [-0.15, -0.1) is 0 Å². The third-order valence-electron chi connectivity index (χ3n) is 5.04. The Hall–Kier alpha value is -2.24. The van der Waals surface area contributed by atoms with Crippen LogP contribution in [0.25, 0.3) is 11.1 Å². The van der Waals surface area contributed by atoms with Crippen molar-refractivity contribution in [3.8, 4) is 22.6 Å². The summed E-state index contributed by atoms with van der Waals surface area (Å²) in [6, 6.07) is 11.1. The molecule has 2 aliphatic heterocycles. The van der Waals surface area contributed by atoms with E-state index in [4.69, 9.17) is 21.1 Å². The van der Waals surface area contributed by atoms with Gasteiger partial charge in [0.2, 0.25) is 0 Å². The van der Waals surface area contributed by atoms with Gasteiger partial charge in [0.05, 0.1) is 6.54 Å². The molecule has 1 saturated heterocycles. The average molecular weight is 388 g/mol. The fourth-order valence-corrected chi connectivity index (χ4v) is 3.85. The molecule has 2 aliphatic rings. The SMILES string of the molecule is O=C(C1CCCCO1)N1CCOc2c(O)cc(-c3cccc(Cl)c3)cc2C1. The van der Waals surface area contributed by atoms with E-state index in [2.05, 4.69) is 0 Å². The molecule has 0 aromatic heterocycles. The highest BCUT2D eigenvalue weighted by atomic mass is 35.5. The molecule has 0 spiro atoms. The maximum atomic E-state index is 12.9. The summed E-state index contributed by atoms with van der Waals surface area (Å²) in [7, 11) is 0. The number of phenols is 1. The van der Waals surface area contributed by atoms with Crippen molar-refractivity contribution in [3.05, 3.63) is 47.0 Å². The topological polar surface area (TPSA) is 59.0 Å². The Morgan fingerprint density at radius 2 is 2.04 bits per heavy atom. The van der Waals surface area contributed by atoms with E-state index >= 15 is 0 Å². The molecule has 1 amide bonds. The minimum Gasteiger partial charge on any atom is -0.504 e. The number of aromatic hydroxyl groups is 1. The van der Waals surface area contributed by atoms with Crippen LogP contribution in [-0.2, 0) is 16.1 Å². The third-order valence-corrected chi connectivity index (χ3v) is 5.27. The molecule has 1 unspecified atom stereocenters. The zero-order valence-corrected chi connectivity index (χ0v) is 15.7. The first-order chi connectivity index (χ1) is 13.1. The number of rotatable bonds is 2. The zero-order valence-electron chi connectivity index (χ0n) is 15.0. The predicted octanol–water partition coefficient (Wildman–Crippen LogP) is 4.00. The lowest BCUT2D eigenvalue weighted by Crippen LogP contribution is -2.42. The van der Waals surface area contributed by atoms with E-state index in [0.29, 0.717) is 37.1 Å². The van der Waals surface area contributed by atoms with Gasteiger partial charge in [0.15, 0.2) is 11.5 Å². The molecular formula is C21H22ClNO4. The van der Waals surface area contributed by atoms with Crippen molar-refractivity contribution in [1.29, 1.82) is 0 Å². The monoisotopic (exact) mass is 387 g/mol. The molecule has 2 aromatic carbocycles. The molecule has 5 nitrogen and oxygen atoms in total. The molecular weight excluding hydrogens is 366 g/mol. The van der Waals surface area contributed by atoms with E-state index in [1.807, 2.05) is 30.3 Å². The average Bonchev–Trinajstić information content (AvgIpc) is 2.91. The number of hydrogen-bond donors (Lipinski definition) is 1. The van der Waals surface area contributed by atoms with Gasteiger partial charge in [-0.3, -0.25) is 4.79 Å². The number of carbonyl (C=O) groups is 1. The van der Waals surface area contributed by atoms with Crippen LogP contribution < -0.4 is 4.74 Å². The van der Waals surface area contributed by atoms with Gasteiger partial charge >= 0.3 is 0 Å². The number of halogens is 1. The fourth-order valence-electron chi connectivity index (χ4n) is 3.66. The molecule has 0 bridgehead atoms. The lowest BCUT2D eigenvalue weighted by Gasteiger charge is -2.28. The molecule has 1 atom stereocenters. The summed E-state index contributed by atoms with van der Waals surface area (Å²) in [5.41, 5.74) is 2.52. The molecule has 2 heterocycles. The lowest BCUT2D eigenvalue weighted by molar-refractivity contribution is -0.147. The molecule has 0 aliphatic carbocycles. The number of ether oxygens (including phenoxy) is 2. The Balaban J connectivity index is 1.63. The van der Waals surface area contributed by atoms with Gasteiger partial charge in [-0.05, 0) is 54.7 Å². The van der Waals surface area contributed by atoms with Crippen molar-refractivity contribution in [2.24, 2.45) is 0 Å². The van der Waals surface area contributed by atoms with Crippen LogP contribution in [0.15, 0.2) is 36.4 Å². The van der Waals surface area contributed by atoms with Crippen LogP contribution in [-0.4, -0.2) is 41.8 Å². The Bertz CT molecular complexity index is 848. The Kier molecular flexibility index (Phi) is 5.23. The predicted molar refractivity (Wildman–Crippen MR) is 103 cm³/mol. The smallest absolute Gasteiger partial charge is 0.252 e. The second-order valence-corrected chi connectivity index (χ2v) is 7.39.